The zero-order chi connectivity index (χ0) is 15.2. The molecule has 0 aromatic heterocycles. The van der Waals surface area contributed by atoms with Gasteiger partial charge in [-0.15, -0.1) is 0 Å². The Hall–Kier alpha value is -1.02. The second kappa shape index (κ2) is 7.84. The van der Waals surface area contributed by atoms with Gasteiger partial charge in [0.1, 0.15) is 5.75 Å². The highest BCUT2D eigenvalue weighted by atomic mass is 35.5. The fourth-order valence-corrected chi connectivity index (χ4v) is 3.51. The number of halogens is 1. The van der Waals surface area contributed by atoms with E-state index in [-0.39, 0.29) is 11.7 Å². The highest BCUT2D eigenvalue weighted by Gasteiger charge is 2.27. The molecule has 21 heavy (non-hydrogen) atoms. The van der Waals surface area contributed by atoms with Gasteiger partial charge < -0.3 is 4.74 Å². The van der Waals surface area contributed by atoms with Crippen molar-refractivity contribution in [1.29, 1.82) is 0 Å². The van der Waals surface area contributed by atoms with Crippen LogP contribution in [0.15, 0.2) is 18.2 Å². The van der Waals surface area contributed by atoms with E-state index >= 15 is 0 Å². The minimum Gasteiger partial charge on any atom is -0.497 e. The Kier molecular flexibility index (Phi) is 6.10. The van der Waals surface area contributed by atoms with Crippen LogP contribution in [0, 0.1) is 11.8 Å². The molecule has 116 valence electrons. The summed E-state index contributed by atoms with van der Waals surface area (Å²) in [7, 11) is 1.60. The highest BCUT2D eigenvalue weighted by molar-refractivity contribution is 6.34. The summed E-state index contributed by atoms with van der Waals surface area (Å²) < 4.78 is 5.13. The lowest BCUT2D eigenvalue weighted by Crippen LogP contribution is -2.22. The molecule has 1 aliphatic carbocycles. The maximum atomic E-state index is 12.6. The van der Waals surface area contributed by atoms with Gasteiger partial charge in [-0.05, 0) is 49.8 Å². The van der Waals surface area contributed by atoms with Gasteiger partial charge in [0, 0.05) is 11.5 Å². The van der Waals surface area contributed by atoms with Crippen LogP contribution >= 0.6 is 11.6 Å². The number of unbranched alkanes of at least 4 members (excludes halogenated alkanes) is 1. The monoisotopic (exact) mass is 308 g/mol. The molecule has 1 aromatic carbocycles. The van der Waals surface area contributed by atoms with E-state index in [1.54, 1.807) is 19.2 Å². The number of ether oxygens (including phenoxy) is 1. The molecule has 0 N–H and O–H groups in total. The van der Waals surface area contributed by atoms with Gasteiger partial charge in [-0.1, -0.05) is 37.8 Å². The molecule has 0 radical (unpaired) electrons. The lowest BCUT2D eigenvalue weighted by molar-refractivity contribution is 0.0869. The van der Waals surface area contributed by atoms with Crippen LogP contribution in [0.1, 0.15) is 62.2 Å². The van der Waals surface area contributed by atoms with Crippen LogP contribution in [0.3, 0.4) is 0 Å². The smallest absolute Gasteiger partial charge is 0.167 e. The fraction of sp³-hybridized carbons (Fsp3) is 0.611. The molecular formula is C18H25ClO2. The topological polar surface area (TPSA) is 26.3 Å². The first-order chi connectivity index (χ1) is 10.2. The van der Waals surface area contributed by atoms with Gasteiger partial charge in [-0.2, -0.15) is 0 Å². The molecule has 0 saturated heterocycles. The quantitative estimate of drug-likeness (QED) is 0.646. The number of carbonyl (C=O) groups is 1. The van der Waals surface area contributed by atoms with E-state index in [1.807, 2.05) is 6.07 Å². The minimum atomic E-state index is 0.147. The molecule has 0 atom stereocenters. The molecule has 1 aliphatic rings. The van der Waals surface area contributed by atoms with Crippen molar-refractivity contribution in [3.8, 4) is 5.75 Å². The van der Waals surface area contributed by atoms with Crippen LogP contribution in [-0.2, 0) is 0 Å². The summed E-state index contributed by atoms with van der Waals surface area (Å²) in [6.07, 6.45) is 8.29. The Morgan fingerprint density at radius 2 is 2.00 bits per heavy atom. The van der Waals surface area contributed by atoms with E-state index in [0.717, 1.165) is 18.8 Å². The first kappa shape index (κ1) is 16.4. The van der Waals surface area contributed by atoms with Crippen molar-refractivity contribution in [2.75, 3.05) is 7.11 Å². The van der Waals surface area contributed by atoms with E-state index in [0.29, 0.717) is 16.3 Å². The summed E-state index contributed by atoms with van der Waals surface area (Å²) in [6.45, 7) is 2.24. The predicted octanol–water partition coefficient (Wildman–Crippen LogP) is 5.53. The van der Waals surface area contributed by atoms with E-state index in [2.05, 4.69) is 6.92 Å². The minimum absolute atomic E-state index is 0.147. The predicted molar refractivity (Wildman–Crippen MR) is 87.3 cm³/mol. The third-order valence-corrected chi connectivity index (χ3v) is 4.94. The Morgan fingerprint density at radius 3 is 2.57 bits per heavy atom. The van der Waals surface area contributed by atoms with Crippen LogP contribution in [0.25, 0.3) is 0 Å². The summed E-state index contributed by atoms with van der Waals surface area (Å²) in [4.78, 5) is 12.6. The molecule has 0 spiro atoms. The number of hydrogen-bond donors (Lipinski definition) is 0. The number of carbonyl (C=O) groups excluding carboxylic acids is 1. The third-order valence-electron chi connectivity index (χ3n) is 4.63. The van der Waals surface area contributed by atoms with Gasteiger partial charge in [0.2, 0.25) is 0 Å². The van der Waals surface area contributed by atoms with Gasteiger partial charge in [0.15, 0.2) is 5.78 Å². The molecule has 3 heteroatoms. The maximum absolute atomic E-state index is 12.6. The molecule has 1 fully saturated rings. The van der Waals surface area contributed by atoms with E-state index in [1.165, 1.54) is 32.1 Å². The Balaban J connectivity index is 1.95. The van der Waals surface area contributed by atoms with Crippen molar-refractivity contribution in [2.45, 2.75) is 51.9 Å². The molecule has 0 amide bonds. The van der Waals surface area contributed by atoms with Gasteiger partial charge in [-0.3, -0.25) is 4.79 Å². The third kappa shape index (κ3) is 4.23. The molecule has 0 unspecified atom stereocenters. The fourth-order valence-electron chi connectivity index (χ4n) is 3.25. The number of Topliss-reactive ketones (excluding diaryl/α,β-unsaturated/α-hetero) is 1. The standard InChI is InChI=1S/C18H25ClO2/c1-3-4-5-13-6-8-14(9-7-13)18(20)16-11-10-15(21-2)12-17(16)19/h10-14H,3-9H2,1-2H3. The molecule has 1 aromatic rings. The summed E-state index contributed by atoms with van der Waals surface area (Å²) >= 11 is 6.22. The zero-order valence-corrected chi connectivity index (χ0v) is 13.8. The summed E-state index contributed by atoms with van der Waals surface area (Å²) in [5.41, 5.74) is 0.648. The van der Waals surface area contributed by atoms with Gasteiger partial charge >= 0.3 is 0 Å². The largest absolute Gasteiger partial charge is 0.497 e. The van der Waals surface area contributed by atoms with Gasteiger partial charge in [-0.25, -0.2) is 0 Å². The van der Waals surface area contributed by atoms with Crippen molar-refractivity contribution in [3.63, 3.8) is 0 Å². The van der Waals surface area contributed by atoms with E-state index in [4.69, 9.17) is 16.3 Å². The number of benzene rings is 1. The van der Waals surface area contributed by atoms with Crippen molar-refractivity contribution in [1.82, 2.24) is 0 Å². The van der Waals surface area contributed by atoms with Crippen molar-refractivity contribution in [3.05, 3.63) is 28.8 Å². The van der Waals surface area contributed by atoms with Gasteiger partial charge in [0.05, 0.1) is 12.1 Å². The lowest BCUT2D eigenvalue weighted by Gasteiger charge is -2.27. The average Bonchev–Trinajstić information content (AvgIpc) is 2.52. The summed E-state index contributed by atoms with van der Waals surface area (Å²) in [5.74, 6) is 1.87. The second-order valence-electron chi connectivity index (χ2n) is 6.07. The molecule has 0 aliphatic heterocycles. The van der Waals surface area contributed by atoms with Crippen molar-refractivity contribution in [2.24, 2.45) is 11.8 Å². The number of methoxy groups -OCH3 is 1. The number of hydrogen-bond acceptors (Lipinski definition) is 2. The average molecular weight is 309 g/mol. The summed E-state index contributed by atoms with van der Waals surface area (Å²) in [5, 5.41) is 0.507. The maximum Gasteiger partial charge on any atom is 0.167 e. The van der Waals surface area contributed by atoms with Crippen LogP contribution < -0.4 is 4.74 Å². The number of rotatable bonds is 6. The molecule has 0 bridgehead atoms. The Bertz CT molecular complexity index is 476. The Labute approximate surface area is 132 Å². The number of ketones is 1. The Morgan fingerprint density at radius 1 is 1.29 bits per heavy atom. The molecule has 0 heterocycles. The summed E-state index contributed by atoms with van der Waals surface area (Å²) in [6, 6.07) is 5.33. The first-order valence-corrected chi connectivity index (χ1v) is 8.41. The van der Waals surface area contributed by atoms with Crippen LogP contribution in [0.2, 0.25) is 5.02 Å². The van der Waals surface area contributed by atoms with Crippen molar-refractivity contribution >= 4 is 17.4 Å². The van der Waals surface area contributed by atoms with Crippen LogP contribution in [0.5, 0.6) is 5.75 Å². The normalized spacial score (nSPS) is 22.0. The first-order valence-electron chi connectivity index (χ1n) is 8.03. The zero-order valence-electron chi connectivity index (χ0n) is 13.0. The van der Waals surface area contributed by atoms with Crippen LogP contribution in [-0.4, -0.2) is 12.9 Å². The van der Waals surface area contributed by atoms with E-state index < -0.39 is 0 Å². The molecule has 2 nitrogen and oxygen atoms in total. The van der Waals surface area contributed by atoms with Crippen LogP contribution in [0.4, 0.5) is 0 Å². The molecular weight excluding hydrogens is 284 g/mol. The SMILES string of the molecule is CCCCC1CCC(C(=O)c2ccc(OC)cc2Cl)CC1. The van der Waals surface area contributed by atoms with Gasteiger partial charge in [0.25, 0.3) is 0 Å². The second-order valence-corrected chi connectivity index (χ2v) is 6.48. The molecule has 2 rings (SSSR count). The lowest BCUT2D eigenvalue weighted by atomic mass is 9.77. The van der Waals surface area contributed by atoms with E-state index in [9.17, 15) is 4.79 Å². The van der Waals surface area contributed by atoms with Crippen molar-refractivity contribution < 1.29 is 9.53 Å². The highest BCUT2D eigenvalue weighted by Crippen LogP contribution is 2.35. The molecule has 1 saturated carbocycles.